The number of para-hydroxylation sites is 2. The van der Waals surface area contributed by atoms with Crippen LogP contribution in [0.3, 0.4) is 0 Å². The maximum Gasteiger partial charge on any atom is 0.227 e. The fourth-order valence-electron chi connectivity index (χ4n) is 4.75. The second-order valence-corrected chi connectivity index (χ2v) is 9.73. The Morgan fingerprint density at radius 1 is 1.12 bits per heavy atom. The highest BCUT2D eigenvalue weighted by molar-refractivity contribution is 6.06. The second kappa shape index (κ2) is 8.45. The number of ether oxygens (including phenoxy) is 1. The van der Waals surface area contributed by atoms with Crippen LogP contribution in [0, 0.1) is 5.41 Å². The Labute approximate surface area is 190 Å². The summed E-state index contributed by atoms with van der Waals surface area (Å²) in [5.41, 5.74) is 4.03. The summed E-state index contributed by atoms with van der Waals surface area (Å²) in [6.45, 7) is 10.1. The number of benzene rings is 2. The molecule has 1 unspecified atom stereocenters. The molecule has 0 saturated carbocycles. The molecule has 1 aliphatic heterocycles. The molecule has 5 nitrogen and oxygen atoms in total. The van der Waals surface area contributed by atoms with E-state index in [1.807, 2.05) is 69.3 Å². The van der Waals surface area contributed by atoms with Gasteiger partial charge in [0.15, 0.2) is 5.78 Å². The summed E-state index contributed by atoms with van der Waals surface area (Å²) in [5, 5.41) is 3.53. The molecule has 2 aliphatic rings. The van der Waals surface area contributed by atoms with Gasteiger partial charge in [-0.1, -0.05) is 45.0 Å². The molecule has 1 aliphatic carbocycles. The van der Waals surface area contributed by atoms with Crippen LogP contribution >= 0.6 is 0 Å². The highest BCUT2D eigenvalue weighted by Crippen LogP contribution is 2.48. The SMILES string of the molecule is CCC(=O)N1c2ccccc2NC2=C(C(=O)CC(C)(C)C2)C1c1ccc(OC(C)C)cc1. The van der Waals surface area contributed by atoms with E-state index in [9.17, 15) is 9.59 Å². The molecule has 32 heavy (non-hydrogen) atoms. The summed E-state index contributed by atoms with van der Waals surface area (Å²) in [7, 11) is 0. The second-order valence-electron chi connectivity index (χ2n) is 9.73. The molecule has 0 spiro atoms. The van der Waals surface area contributed by atoms with Gasteiger partial charge >= 0.3 is 0 Å². The van der Waals surface area contributed by atoms with Crippen molar-refractivity contribution in [3.05, 3.63) is 65.4 Å². The zero-order valence-corrected chi connectivity index (χ0v) is 19.6. The number of amides is 1. The third-order valence-corrected chi connectivity index (χ3v) is 6.04. The lowest BCUT2D eigenvalue weighted by atomic mass is 9.73. The number of anilines is 2. The zero-order chi connectivity index (χ0) is 23.0. The van der Waals surface area contributed by atoms with Gasteiger partial charge < -0.3 is 10.1 Å². The van der Waals surface area contributed by atoms with E-state index in [4.69, 9.17) is 4.74 Å². The molecule has 1 atom stereocenters. The summed E-state index contributed by atoms with van der Waals surface area (Å²) in [6, 6.07) is 15.1. The van der Waals surface area contributed by atoms with Crippen LogP contribution in [0.25, 0.3) is 0 Å². The van der Waals surface area contributed by atoms with E-state index in [0.29, 0.717) is 18.4 Å². The van der Waals surface area contributed by atoms with Crippen LogP contribution in [0.15, 0.2) is 59.8 Å². The quantitative estimate of drug-likeness (QED) is 0.641. The van der Waals surface area contributed by atoms with Gasteiger partial charge in [-0.3, -0.25) is 14.5 Å². The first-order valence-electron chi connectivity index (χ1n) is 11.4. The molecule has 2 aromatic rings. The lowest BCUT2D eigenvalue weighted by Gasteiger charge is -2.37. The van der Waals surface area contributed by atoms with Crippen molar-refractivity contribution in [2.24, 2.45) is 5.41 Å². The number of carbonyl (C=O) groups is 2. The molecular formula is C27H32N2O3. The van der Waals surface area contributed by atoms with Crippen LogP contribution in [0.1, 0.15) is 65.5 Å². The number of hydrogen-bond acceptors (Lipinski definition) is 4. The highest BCUT2D eigenvalue weighted by Gasteiger charge is 2.42. The number of ketones is 1. The molecule has 0 aromatic heterocycles. The van der Waals surface area contributed by atoms with Gasteiger partial charge in [-0.15, -0.1) is 0 Å². The van der Waals surface area contributed by atoms with Crippen LogP contribution in [0.4, 0.5) is 11.4 Å². The summed E-state index contributed by atoms with van der Waals surface area (Å²) < 4.78 is 5.82. The molecule has 0 radical (unpaired) electrons. The van der Waals surface area contributed by atoms with Gasteiger partial charge in [0, 0.05) is 24.1 Å². The number of nitrogens with zero attached hydrogens (tertiary/aromatic N) is 1. The van der Waals surface area contributed by atoms with Gasteiger partial charge in [0.2, 0.25) is 5.91 Å². The van der Waals surface area contributed by atoms with E-state index in [1.165, 1.54) is 0 Å². The fourth-order valence-corrected chi connectivity index (χ4v) is 4.75. The van der Waals surface area contributed by atoms with Gasteiger partial charge in [-0.2, -0.15) is 0 Å². The fraction of sp³-hybridized carbons (Fsp3) is 0.407. The van der Waals surface area contributed by atoms with E-state index in [1.54, 1.807) is 4.90 Å². The Bertz CT molecular complexity index is 1070. The molecule has 0 bridgehead atoms. The van der Waals surface area contributed by atoms with Crippen molar-refractivity contribution in [1.29, 1.82) is 0 Å². The third-order valence-electron chi connectivity index (χ3n) is 6.04. The van der Waals surface area contributed by atoms with Crippen molar-refractivity contribution in [2.75, 3.05) is 10.2 Å². The molecule has 4 rings (SSSR count). The van der Waals surface area contributed by atoms with Crippen molar-refractivity contribution >= 4 is 23.1 Å². The smallest absolute Gasteiger partial charge is 0.227 e. The third kappa shape index (κ3) is 4.16. The molecule has 0 saturated heterocycles. The molecule has 0 fully saturated rings. The zero-order valence-electron chi connectivity index (χ0n) is 19.6. The minimum atomic E-state index is -0.481. The Balaban J connectivity index is 1.93. The van der Waals surface area contributed by atoms with Gasteiger partial charge in [0.1, 0.15) is 5.75 Å². The summed E-state index contributed by atoms with van der Waals surface area (Å²) in [5.74, 6) is 0.852. The van der Waals surface area contributed by atoms with Gasteiger partial charge in [-0.25, -0.2) is 0 Å². The summed E-state index contributed by atoms with van der Waals surface area (Å²) in [4.78, 5) is 28.7. The first kappa shape index (κ1) is 22.1. The number of rotatable bonds is 4. The normalized spacial score (nSPS) is 19.8. The van der Waals surface area contributed by atoms with Gasteiger partial charge in [0.25, 0.3) is 0 Å². The van der Waals surface area contributed by atoms with Gasteiger partial charge in [0.05, 0.1) is 23.5 Å². The molecule has 5 heteroatoms. The average Bonchev–Trinajstić information content (AvgIpc) is 2.86. The van der Waals surface area contributed by atoms with Crippen LogP contribution in [-0.2, 0) is 9.59 Å². The van der Waals surface area contributed by atoms with Crippen LogP contribution in [0.2, 0.25) is 0 Å². The summed E-state index contributed by atoms with van der Waals surface area (Å²) in [6.07, 6.45) is 1.64. The Hall–Kier alpha value is -3.08. The number of Topliss-reactive ketones (excluding diaryl/α,β-unsaturated/α-hetero) is 1. The van der Waals surface area contributed by atoms with E-state index in [0.717, 1.165) is 34.8 Å². The number of hydrogen-bond donors (Lipinski definition) is 1. The van der Waals surface area contributed by atoms with Crippen LogP contribution < -0.4 is 15.0 Å². The lowest BCUT2D eigenvalue weighted by Crippen LogP contribution is -2.39. The summed E-state index contributed by atoms with van der Waals surface area (Å²) >= 11 is 0. The van der Waals surface area contributed by atoms with Crippen molar-refractivity contribution in [3.8, 4) is 5.75 Å². The topological polar surface area (TPSA) is 58.6 Å². The molecule has 1 N–H and O–H groups in total. The van der Waals surface area contributed by atoms with Crippen molar-refractivity contribution in [1.82, 2.24) is 0 Å². The monoisotopic (exact) mass is 432 g/mol. The number of fused-ring (bicyclic) bond motifs is 1. The Morgan fingerprint density at radius 2 is 1.81 bits per heavy atom. The predicted octanol–water partition coefficient (Wildman–Crippen LogP) is 6.03. The largest absolute Gasteiger partial charge is 0.491 e. The Morgan fingerprint density at radius 3 is 2.47 bits per heavy atom. The maximum absolute atomic E-state index is 13.5. The number of nitrogens with one attached hydrogen (secondary N) is 1. The number of allylic oxidation sites excluding steroid dienone is 1. The highest BCUT2D eigenvalue weighted by atomic mass is 16.5. The minimum Gasteiger partial charge on any atom is -0.491 e. The average molecular weight is 433 g/mol. The predicted molar refractivity (Wildman–Crippen MR) is 128 cm³/mol. The van der Waals surface area contributed by atoms with Crippen molar-refractivity contribution in [3.63, 3.8) is 0 Å². The molecule has 168 valence electrons. The molecule has 1 amide bonds. The minimum absolute atomic E-state index is 0.0156. The van der Waals surface area contributed by atoms with Crippen molar-refractivity contribution < 1.29 is 14.3 Å². The standard InChI is InChI=1S/C27H32N2O3/c1-6-24(31)29-22-10-8-7-9-20(22)28-21-15-27(4,5)16-23(30)25(21)26(29)18-11-13-19(14-12-18)32-17(2)3/h7-14,17,26,28H,6,15-16H2,1-5H3. The lowest BCUT2D eigenvalue weighted by molar-refractivity contribution is -0.119. The van der Waals surface area contributed by atoms with E-state index < -0.39 is 6.04 Å². The van der Waals surface area contributed by atoms with E-state index in [-0.39, 0.29) is 23.2 Å². The molecule has 2 aromatic carbocycles. The van der Waals surface area contributed by atoms with Crippen LogP contribution in [0.5, 0.6) is 5.75 Å². The van der Waals surface area contributed by atoms with Crippen molar-refractivity contribution in [2.45, 2.75) is 66.0 Å². The van der Waals surface area contributed by atoms with E-state index >= 15 is 0 Å². The Kier molecular flexibility index (Phi) is 5.85. The van der Waals surface area contributed by atoms with E-state index in [2.05, 4.69) is 19.2 Å². The molecular weight excluding hydrogens is 400 g/mol. The first-order chi connectivity index (χ1) is 15.2. The maximum atomic E-state index is 13.5. The first-order valence-corrected chi connectivity index (χ1v) is 11.4. The number of carbonyl (C=O) groups excluding carboxylic acids is 2. The van der Waals surface area contributed by atoms with Crippen LogP contribution in [-0.4, -0.2) is 17.8 Å². The van der Waals surface area contributed by atoms with Gasteiger partial charge in [-0.05, 0) is 55.5 Å². The molecule has 1 heterocycles.